The molecule has 0 aromatic heterocycles. The molecule has 0 saturated carbocycles. The average molecular weight is 431 g/mol. The fourth-order valence-electron chi connectivity index (χ4n) is 3.76. The Labute approximate surface area is 182 Å². The molecule has 0 bridgehead atoms. The zero-order chi connectivity index (χ0) is 21.8. The molecule has 2 aliphatic heterocycles. The summed E-state index contributed by atoms with van der Waals surface area (Å²) in [6.07, 6.45) is 4.83. The van der Waals surface area contributed by atoms with Gasteiger partial charge in [-0.05, 0) is 85.7 Å². The number of ether oxygens (including phenoxy) is 1. The summed E-state index contributed by atoms with van der Waals surface area (Å²) in [6, 6.07) is 4.01. The number of piperidine rings is 1. The number of benzene rings is 1. The lowest BCUT2D eigenvalue weighted by Crippen LogP contribution is -2.44. The van der Waals surface area contributed by atoms with Crippen LogP contribution < -0.4 is 4.74 Å². The monoisotopic (exact) mass is 430 g/mol. The minimum atomic E-state index is -0.394. The third kappa shape index (κ3) is 4.89. The average Bonchev–Trinajstić information content (AvgIpc) is 2.98. The van der Waals surface area contributed by atoms with E-state index in [1.165, 1.54) is 0 Å². The number of imide groups is 1. The van der Waals surface area contributed by atoms with Crippen LogP contribution in [0.3, 0.4) is 0 Å². The molecule has 1 aromatic rings. The summed E-state index contributed by atoms with van der Waals surface area (Å²) in [5.74, 6) is 0.561. The Morgan fingerprint density at radius 3 is 2.53 bits per heavy atom. The number of hydrogen-bond acceptors (Lipinski definition) is 5. The second kappa shape index (κ2) is 9.69. The lowest BCUT2D eigenvalue weighted by Gasteiger charge is -2.27. The minimum absolute atomic E-state index is 0.155. The number of hydrogen-bond donors (Lipinski definition) is 0. The van der Waals surface area contributed by atoms with E-state index in [2.05, 4.69) is 13.8 Å². The van der Waals surface area contributed by atoms with Gasteiger partial charge in [0.2, 0.25) is 5.91 Å². The van der Waals surface area contributed by atoms with E-state index in [-0.39, 0.29) is 23.6 Å². The molecule has 0 spiro atoms. The van der Waals surface area contributed by atoms with Crippen LogP contribution in [0.1, 0.15) is 62.6 Å². The van der Waals surface area contributed by atoms with Crippen LogP contribution in [-0.2, 0) is 9.59 Å². The zero-order valence-electron chi connectivity index (χ0n) is 18.2. The van der Waals surface area contributed by atoms with E-state index in [1.54, 1.807) is 11.0 Å². The molecule has 2 fully saturated rings. The van der Waals surface area contributed by atoms with Gasteiger partial charge in [0.15, 0.2) is 0 Å². The number of thioether (sulfide) groups is 1. The van der Waals surface area contributed by atoms with Crippen molar-refractivity contribution in [1.29, 1.82) is 0 Å². The Hall–Kier alpha value is -2.28. The molecule has 30 heavy (non-hydrogen) atoms. The first-order valence-corrected chi connectivity index (χ1v) is 11.4. The van der Waals surface area contributed by atoms with Crippen molar-refractivity contribution in [2.45, 2.75) is 52.9 Å². The van der Waals surface area contributed by atoms with Crippen LogP contribution in [0.4, 0.5) is 4.79 Å². The highest BCUT2D eigenvalue weighted by molar-refractivity contribution is 8.18. The van der Waals surface area contributed by atoms with E-state index in [9.17, 15) is 14.4 Å². The third-order valence-electron chi connectivity index (χ3n) is 5.48. The van der Waals surface area contributed by atoms with Crippen LogP contribution in [0.5, 0.6) is 5.75 Å². The van der Waals surface area contributed by atoms with Gasteiger partial charge in [-0.15, -0.1) is 0 Å². The van der Waals surface area contributed by atoms with E-state index < -0.39 is 5.91 Å². The number of amides is 3. The van der Waals surface area contributed by atoms with Gasteiger partial charge in [-0.25, -0.2) is 0 Å². The van der Waals surface area contributed by atoms with Gasteiger partial charge in [0.25, 0.3) is 11.1 Å². The molecule has 3 amide bonds. The third-order valence-corrected chi connectivity index (χ3v) is 6.39. The highest BCUT2D eigenvalue weighted by Gasteiger charge is 2.37. The molecule has 6 nitrogen and oxygen atoms in total. The molecule has 0 radical (unpaired) electrons. The van der Waals surface area contributed by atoms with Gasteiger partial charge in [-0.1, -0.05) is 13.8 Å². The molecule has 1 aromatic carbocycles. The topological polar surface area (TPSA) is 66.9 Å². The first-order chi connectivity index (χ1) is 14.3. The lowest BCUT2D eigenvalue weighted by atomic mass is 9.96. The highest BCUT2D eigenvalue weighted by Crippen LogP contribution is 2.35. The van der Waals surface area contributed by atoms with Gasteiger partial charge in [-0.3, -0.25) is 19.3 Å². The Balaban J connectivity index is 1.81. The molecule has 2 saturated heterocycles. The molecule has 2 aliphatic rings. The van der Waals surface area contributed by atoms with Crippen molar-refractivity contribution in [3.63, 3.8) is 0 Å². The van der Waals surface area contributed by atoms with Crippen LogP contribution >= 0.6 is 11.8 Å². The molecule has 3 rings (SSSR count). The summed E-state index contributed by atoms with van der Waals surface area (Å²) in [7, 11) is 0. The quantitative estimate of drug-likeness (QED) is 0.619. The SMILES string of the molecule is CCOc1cc(C)c(/C=C2\SC(=O)N(CC(=O)N3CCCCC3)C2=O)cc1C(C)C. The summed E-state index contributed by atoms with van der Waals surface area (Å²) < 4.78 is 5.76. The lowest BCUT2D eigenvalue weighted by molar-refractivity contribution is -0.136. The van der Waals surface area contributed by atoms with Gasteiger partial charge in [0.05, 0.1) is 11.5 Å². The maximum atomic E-state index is 12.9. The second-order valence-electron chi connectivity index (χ2n) is 8.04. The number of carbonyl (C=O) groups is 3. The maximum absolute atomic E-state index is 12.9. The maximum Gasteiger partial charge on any atom is 0.294 e. The molecule has 162 valence electrons. The van der Waals surface area contributed by atoms with Gasteiger partial charge < -0.3 is 9.64 Å². The van der Waals surface area contributed by atoms with Crippen LogP contribution in [-0.4, -0.2) is 53.1 Å². The van der Waals surface area contributed by atoms with Crippen molar-refractivity contribution in [1.82, 2.24) is 9.80 Å². The number of carbonyl (C=O) groups excluding carboxylic acids is 3. The summed E-state index contributed by atoms with van der Waals surface area (Å²) in [5.41, 5.74) is 2.92. The molecular formula is C23H30N2O4S. The Morgan fingerprint density at radius 2 is 1.90 bits per heavy atom. The Kier molecular flexibility index (Phi) is 7.23. The molecule has 0 atom stereocenters. The predicted octanol–water partition coefficient (Wildman–Crippen LogP) is 4.57. The second-order valence-corrected chi connectivity index (χ2v) is 9.04. The fourth-order valence-corrected chi connectivity index (χ4v) is 4.59. The van der Waals surface area contributed by atoms with Crippen LogP contribution in [0.25, 0.3) is 6.08 Å². The van der Waals surface area contributed by atoms with Gasteiger partial charge in [0.1, 0.15) is 12.3 Å². The first kappa shape index (κ1) is 22.4. The van der Waals surface area contributed by atoms with Crippen molar-refractivity contribution >= 4 is 34.9 Å². The fraction of sp³-hybridized carbons (Fsp3) is 0.522. The molecular weight excluding hydrogens is 400 g/mol. The summed E-state index contributed by atoms with van der Waals surface area (Å²) in [5, 5.41) is -0.385. The van der Waals surface area contributed by atoms with Crippen molar-refractivity contribution in [3.8, 4) is 5.75 Å². The molecule has 0 unspecified atom stereocenters. The van der Waals surface area contributed by atoms with E-state index >= 15 is 0 Å². The Morgan fingerprint density at radius 1 is 1.20 bits per heavy atom. The molecule has 0 N–H and O–H groups in total. The molecule has 0 aliphatic carbocycles. The van der Waals surface area contributed by atoms with E-state index in [0.717, 1.165) is 58.4 Å². The Bertz CT molecular complexity index is 872. The molecule has 7 heteroatoms. The van der Waals surface area contributed by atoms with Crippen molar-refractivity contribution < 1.29 is 19.1 Å². The zero-order valence-corrected chi connectivity index (χ0v) is 19.0. The standard InChI is InChI=1S/C23H30N2O4S/c1-5-29-19-11-16(4)17(12-18(19)15(2)3)13-20-22(27)25(23(28)30-20)14-21(26)24-9-7-6-8-10-24/h11-13,15H,5-10,14H2,1-4H3/b20-13-. The largest absolute Gasteiger partial charge is 0.494 e. The van der Waals surface area contributed by atoms with Crippen LogP contribution in [0.2, 0.25) is 0 Å². The summed E-state index contributed by atoms with van der Waals surface area (Å²) in [4.78, 5) is 41.0. The van der Waals surface area contributed by atoms with E-state index in [1.807, 2.05) is 26.0 Å². The molecule has 2 heterocycles. The van der Waals surface area contributed by atoms with Crippen molar-refractivity contribution in [2.24, 2.45) is 0 Å². The minimum Gasteiger partial charge on any atom is -0.494 e. The number of likely N-dealkylation sites (tertiary alicyclic amines) is 1. The van der Waals surface area contributed by atoms with E-state index in [4.69, 9.17) is 4.74 Å². The summed E-state index contributed by atoms with van der Waals surface area (Å²) in [6.45, 7) is 9.91. The summed E-state index contributed by atoms with van der Waals surface area (Å²) >= 11 is 0.899. The van der Waals surface area contributed by atoms with Gasteiger partial charge in [-0.2, -0.15) is 0 Å². The smallest absolute Gasteiger partial charge is 0.294 e. The number of aryl methyl sites for hydroxylation is 1. The van der Waals surface area contributed by atoms with Crippen LogP contribution in [0, 0.1) is 6.92 Å². The number of rotatable bonds is 6. The van der Waals surface area contributed by atoms with Gasteiger partial charge >= 0.3 is 0 Å². The van der Waals surface area contributed by atoms with Gasteiger partial charge in [0, 0.05) is 13.1 Å². The van der Waals surface area contributed by atoms with Crippen molar-refractivity contribution in [3.05, 3.63) is 33.7 Å². The predicted molar refractivity (Wildman–Crippen MR) is 120 cm³/mol. The van der Waals surface area contributed by atoms with Crippen molar-refractivity contribution in [2.75, 3.05) is 26.2 Å². The van der Waals surface area contributed by atoms with Crippen LogP contribution in [0.15, 0.2) is 17.0 Å². The first-order valence-electron chi connectivity index (χ1n) is 10.6. The highest BCUT2D eigenvalue weighted by atomic mass is 32.2. The van der Waals surface area contributed by atoms with E-state index in [0.29, 0.717) is 24.6 Å². The number of nitrogens with zero attached hydrogens (tertiary/aromatic N) is 2. The normalized spacial score (nSPS) is 18.6.